The number of hydrogen-bond acceptors (Lipinski definition) is 2. The van der Waals surface area contributed by atoms with Crippen molar-refractivity contribution in [3.8, 4) is 0 Å². The van der Waals surface area contributed by atoms with Gasteiger partial charge in [0, 0.05) is 17.3 Å². The van der Waals surface area contributed by atoms with Crippen LogP contribution in [0, 0.1) is 0 Å². The van der Waals surface area contributed by atoms with Crippen LogP contribution in [0.5, 0.6) is 0 Å². The summed E-state index contributed by atoms with van der Waals surface area (Å²) in [5.74, 6) is -0.436. The number of amides is 1. The van der Waals surface area contributed by atoms with Crippen LogP contribution in [0.25, 0.3) is 23.1 Å². The Hall–Kier alpha value is -3.01. The van der Waals surface area contributed by atoms with Crippen molar-refractivity contribution >= 4 is 34.6 Å². The quantitative estimate of drug-likeness (QED) is 0.508. The van der Waals surface area contributed by atoms with Gasteiger partial charge in [-0.3, -0.25) is 4.79 Å². The molecule has 1 aromatic heterocycles. The maximum absolute atomic E-state index is 11.4. The number of hydrogen-bond donors (Lipinski definition) is 3. The van der Waals surface area contributed by atoms with Crippen molar-refractivity contribution < 1.29 is 4.79 Å². The van der Waals surface area contributed by atoms with Crippen molar-refractivity contribution in [1.82, 2.24) is 4.98 Å². The summed E-state index contributed by atoms with van der Waals surface area (Å²) in [6, 6.07) is 13.2. The lowest BCUT2D eigenvalue weighted by Gasteiger charge is -2.02. The molecule has 0 fully saturated rings. The number of aromatic amines is 1. The molecular weight excluding hydrogens is 262 g/mol. The molecule has 0 radical (unpaired) electrons. The Morgan fingerprint density at radius 2 is 1.95 bits per heavy atom. The largest absolute Gasteiger partial charge is 0.399 e. The van der Waals surface area contributed by atoms with Gasteiger partial charge in [0.2, 0.25) is 0 Å². The Labute approximate surface area is 122 Å². The van der Waals surface area contributed by atoms with E-state index in [-0.39, 0.29) is 0 Å². The molecule has 2 aromatic carbocycles. The molecule has 0 aliphatic carbocycles. The number of anilines is 1. The van der Waals surface area contributed by atoms with Gasteiger partial charge >= 0.3 is 0 Å². The number of rotatable bonds is 3. The van der Waals surface area contributed by atoms with Gasteiger partial charge in [-0.1, -0.05) is 30.4 Å². The molecule has 0 saturated carbocycles. The van der Waals surface area contributed by atoms with Gasteiger partial charge in [-0.25, -0.2) is 0 Å². The molecule has 3 aromatic rings. The first-order chi connectivity index (χ1) is 10.1. The summed E-state index contributed by atoms with van der Waals surface area (Å²) in [6.45, 7) is 0. The third-order valence-electron chi connectivity index (χ3n) is 3.39. The maximum atomic E-state index is 11.4. The van der Waals surface area contributed by atoms with Gasteiger partial charge in [-0.15, -0.1) is 0 Å². The second kappa shape index (κ2) is 5.17. The number of aromatic nitrogens is 1. The smallest absolute Gasteiger partial charge is 0.250 e. The first-order valence-corrected chi connectivity index (χ1v) is 6.58. The van der Waals surface area contributed by atoms with Crippen molar-refractivity contribution in [3.63, 3.8) is 0 Å². The number of carbonyl (C=O) groups excluding carboxylic acids is 1. The molecule has 0 unspecified atom stereocenters. The first-order valence-electron chi connectivity index (χ1n) is 6.58. The van der Waals surface area contributed by atoms with E-state index < -0.39 is 5.91 Å². The predicted molar refractivity (Wildman–Crippen MR) is 86.6 cm³/mol. The summed E-state index contributed by atoms with van der Waals surface area (Å²) in [6.07, 6.45) is 5.78. The normalized spacial score (nSPS) is 11.2. The molecule has 0 spiro atoms. The summed E-state index contributed by atoms with van der Waals surface area (Å²) in [7, 11) is 0. The minimum Gasteiger partial charge on any atom is -0.399 e. The number of primary amides is 1. The third kappa shape index (κ3) is 2.51. The Morgan fingerprint density at radius 3 is 2.71 bits per heavy atom. The number of nitrogens with two attached hydrogens (primary N) is 2. The fourth-order valence-electron chi connectivity index (χ4n) is 2.38. The summed E-state index contributed by atoms with van der Waals surface area (Å²) in [5.41, 5.74) is 15.2. The van der Waals surface area contributed by atoms with Crippen LogP contribution < -0.4 is 11.5 Å². The van der Waals surface area contributed by atoms with Crippen LogP contribution in [-0.2, 0) is 0 Å². The Bertz CT molecular complexity index is 846. The summed E-state index contributed by atoms with van der Waals surface area (Å²) >= 11 is 0. The third-order valence-corrected chi connectivity index (χ3v) is 3.39. The van der Waals surface area contributed by atoms with E-state index in [2.05, 4.69) is 4.98 Å². The molecule has 0 atom stereocenters. The molecule has 0 saturated heterocycles. The zero-order chi connectivity index (χ0) is 14.8. The average Bonchev–Trinajstić information content (AvgIpc) is 2.94. The molecule has 5 N–H and O–H groups in total. The van der Waals surface area contributed by atoms with Gasteiger partial charge < -0.3 is 16.5 Å². The average molecular weight is 277 g/mol. The molecule has 1 amide bonds. The van der Waals surface area contributed by atoms with E-state index in [4.69, 9.17) is 11.5 Å². The van der Waals surface area contributed by atoms with Crippen LogP contribution in [0.1, 0.15) is 21.5 Å². The summed E-state index contributed by atoms with van der Waals surface area (Å²) in [4.78, 5) is 14.5. The van der Waals surface area contributed by atoms with Crippen LogP contribution in [-0.4, -0.2) is 10.9 Å². The van der Waals surface area contributed by atoms with E-state index in [0.717, 1.165) is 27.7 Å². The first kappa shape index (κ1) is 13.0. The van der Waals surface area contributed by atoms with Crippen molar-refractivity contribution in [3.05, 3.63) is 65.4 Å². The lowest BCUT2D eigenvalue weighted by Crippen LogP contribution is -2.11. The van der Waals surface area contributed by atoms with E-state index in [9.17, 15) is 4.79 Å². The molecule has 3 rings (SSSR count). The SMILES string of the molecule is NC(=O)c1ccc(C=Cc2cccc(N)c2)c2cc[nH]c12. The predicted octanol–water partition coefficient (Wildman–Crippen LogP) is 3.02. The van der Waals surface area contributed by atoms with Gasteiger partial charge in [-0.2, -0.15) is 0 Å². The fourth-order valence-corrected chi connectivity index (χ4v) is 2.38. The monoisotopic (exact) mass is 277 g/mol. The Balaban J connectivity index is 2.04. The molecule has 4 nitrogen and oxygen atoms in total. The fraction of sp³-hybridized carbons (Fsp3) is 0. The zero-order valence-electron chi connectivity index (χ0n) is 11.3. The van der Waals surface area contributed by atoms with Crippen LogP contribution in [0.2, 0.25) is 0 Å². The van der Waals surface area contributed by atoms with Crippen LogP contribution in [0.4, 0.5) is 5.69 Å². The van der Waals surface area contributed by atoms with Crippen LogP contribution in [0.15, 0.2) is 48.7 Å². The number of H-pyrrole nitrogens is 1. The van der Waals surface area contributed by atoms with Crippen molar-refractivity contribution in [2.75, 3.05) is 5.73 Å². The number of carbonyl (C=O) groups is 1. The zero-order valence-corrected chi connectivity index (χ0v) is 11.3. The van der Waals surface area contributed by atoms with E-state index in [0.29, 0.717) is 5.56 Å². The minimum absolute atomic E-state index is 0.436. The number of benzene rings is 2. The lowest BCUT2D eigenvalue weighted by atomic mass is 10.0. The highest BCUT2D eigenvalue weighted by Gasteiger charge is 2.09. The van der Waals surface area contributed by atoms with Gasteiger partial charge in [-0.05, 0) is 35.4 Å². The highest BCUT2D eigenvalue weighted by molar-refractivity contribution is 6.07. The second-order valence-electron chi connectivity index (χ2n) is 4.84. The van der Waals surface area contributed by atoms with Crippen molar-refractivity contribution in [2.24, 2.45) is 5.73 Å². The second-order valence-corrected chi connectivity index (χ2v) is 4.84. The molecule has 21 heavy (non-hydrogen) atoms. The number of fused-ring (bicyclic) bond motifs is 1. The van der Waals surface area contributed by atoms with Crippen molar-refractivity contribution in [1.29, 1.82) is 0 Å². The molecule has 4 heteroatoms. The van der Waals surface area contributed by atoms with Crippen LogP contribution in [0.3, 0.4) is 0 Å². The standard InChI is InChI=1S/C17H15N3O/c18-13-3-1-2-11(10-13)4-5-12-6-7-15(17(19)21)16-14(12)8-9-20-16/h1-10,20H,18H2,(H2,19,21). The molecular formula is C17H15N3O. The number of nitrogens with one attached hydrogen (secondary N) is 1. The van der Waals surface area contributed by atoms with Gasteiger partial charge in [0.25, 0.3) is 5.91 Å². The minimum atomic E-state index is -0.436. The highest BCUT2D eigenvalue weighted by atomic mass is 16.1. The Kier molecular flexibility index (Phi) is 3.20. The maximum Gasteiger partial charge on any atom is 0.250 e. The van der Waals surface area contributed by atoms with Gasteiger partial charge in [0.05, 0.1) is 11.1 Å². The van der Waals surface area contributed by atoms with E-state index >= 15 is 0 Å². The van der Waals surface area contributed by atoms with Gasteiger partial charge in [0.15, 0.2) is 0 Å². The molecule has 1 heterocycles. The molecule has 0 aliphatic rings. The summed E-state index contributed by atoms with van der Waals surface area (Å²) < 4.78 is 0. The molecule has 104 valence electrons. The van der Waals surface area contributed by atoms with E-state index in [1.807, 2.05) is 48.6 Å². The van der Waals surface area contributed by atoms with Crippen molar-refractivity contribution in [2.45, 2.75) is 0 Å². The number of nitrogen functional groups attached to an aromatic ring is 1. The lowest BCUT2D eigenvalue weighted by molar-refractivity contribution is 0.100. The Morgan fingerprint density at radius 1 is 1.10 bits per heavy atom. The van der Waals surface area contributed by atoms with Crippen LogP contribution >= 0.6 is 0 Å². The highest BCUT2D eigenvalue weighted by Crippen LogP contribution is 2.23. The molecule has 0 aliphatic heterocycles. The van der Waals surface area contributed by atoms with Gasteiger partial charge in [0.1, 0.15) is 0 Å². The van der Waals surface area contributed by atoms with E-state index in [1.54, 1.807) is 12.3 Å². The summed E-state index contributed by atoms with van der Waals surface area (Å²) in [5, 5.41) is 0.964. The topological polar surface area (TPSA) is 84.9 Å². The molecule has 0 bridgehead atoms. The van der Waals surface area contributed by atoms with E-state index in [1.165, 1.54) is 0 Å².